The molecule has 5 fully saturated rings. The highest BCUT2D eigenvalue weighted by Gasteiger charge is 2.37. The second-order valence-corrected chi connectivity index (χ2v) is 31.3. The summed E-state index contributed by atoms with van der Waals surface area (Å²) < 4.78 is 26.2. The van der Waals surface area contributed by atoms with E-state index in [9.17, 15) is 29.1 Å². The predicted molar refractivity (Wildman–Crippen MR) is 440 cm³/mol. The van der Waals surface area contributed by atoms with E-state index in [0.29, 0.717) is 42.3 Å². The van der Waals surface area contributed by atoms with Crippen LogP contribution in [0.1, 0.15) is 204 Å². The predicted octanol–water partition coefficient (Wildman–Crippen LogP) is 14.0. The molecule has 17 rings (SSSR count). The van der Waals surface area contributed by atoms with Gasteiger partial charge in [-0.1, -0.05) is 31.6 Å². The van der Waals surface area contributed by atoms with Crippen molar-refractivity contribution in [2.75, 3.05) is 121 Å². The van der Waals surface area contributed by atoms with E-state index in [1.165, 1.54) is 126 Å². The lowest BCUT2D eigenvalue weighted by Gasteiger charge is -2.19. The summed E-state index contributed by atoms with van der Waals surface area (Å²) in [6.45, 7) is 19.3. The number of carbonyl (C=O) groups excluding carboxylic acids is 4. The lowest BCUT2D eigenvalue weighted by molar-refractivity contribution is -0.137. The van der Waals surface area contributed by atoms with Crippen LogP contribution in [-0.2, 0) is 48.1 Å². The number of methoxy groups -OCH3 is 5. The minimum absolute atomic E-state index is 0.0694. The lowest BCUT2D eigenvalue weighted by atomic mass is 9.90. The second-order valence-electron chi connectivity index (χ2n) is 31.3. The van der Waals surface area contributed by atoms with Gasteiger partial charge >= 0.3 is 5.97 Å². The molecule has 5 saturated heterocycles. The quantitative estimate of drug-likeness (QED) is 0.0605. The fourth-order valence-corrected chi connectivity index (χ4v) is 17.4. The molecule has 21 nitrogen and oxygen atoms in total. The fourth-order valence-electron chi connectivity index (χ4n) is 17.4. The van der Waals surface area contributed by atoms with E-state index in [1.54, 1.807) is 96.4 Å². The monoisotopic (exact) mass is 1540 g/mol. The molecule has 7 heterocycles. The van der Waals surface area contributed by atoms with Crippen molar-refractivity contribution in [1.82, 2.24) is 44.9 Å². The highest BCUT2D eigenvalue weighted by molar-refractivity contribution is 6.05. The van der Waals surface area contributed by atoms with Crippen molar-refractivity contribution in [2.24, 2.45) is 23.7 Å². The maximum Gasteiger partial charge on any atom is 0.304 e. The van der Waals surface area contributed by atoms with Gasteiger partial charge in [0, 0.05) is 104 Å². The number of likely N-dealkylation sites (tertiary alicyclic amines) is 4. The van der Waals surface area contributed by atoms with Crippen molar-refractivity contribution in [3.8, 4) is 28.7 Å². The van der Waals surface area contributed by atoms with Gasteiger partial charge < -0.3 is 58.8 Å². The Hall–Kier alpha value is -9.25. The number of rotatable bonds is 21. The molecule has 0 saturated carbocycles. The summed E-state index contributed by atoms with van der Waals surface area (Å²) in [4.78, 5) is 85.5. The Balaban J connectivity index is 0.000000135. The van der Waals surface area contributed by atoms with E-state index in [2.05, 4.69) is 78.1 Å². The van der Waals surface area contributed by atoms with Crippen molar-refractivity contribution < 1.29 is 57.9 Å². The molecule has 6 unspecified atom stereocenters. The molecular formula is C92H119N9O12. The van der Waals surface area contributed by atoms with E-state index in [4.69, 9.17) is 28.8 Å². The van der Waals surface area contributed by atoms with Crippen molar-refractivity contribution in [2.45, 2.75) is 161 Å². The van der Waals surface area contributed by atoms with Crippen molar-refractivity contribution >= 4 is 34.8 Å². The number of fused-ring (bicyclic) bond motifs is 5. The lowest BCUT2D eigenvalue weighted by Crippen LogP contribution is -2.30. The van der Waals surface area contributed by atoms with E-state index in [-0.39, 0.29) is 47.8 Å². The van der Waals surface area contributed by atoms with Crippen LogP contribution in [0.5, 0.6) is 28.7 Å². The fraction of sp³-hybridized carbons (Fsp3) is 0.511. The number of ketones is 3. The zero-order valence-electron chi connectivity index (χ0n) is 67.7. The number of carboxylic acids is 1. The molecule has 7 aromatic rings. The summed E-state index contributed by atoms with van der Waals surface area (Å²) in [6.07, 6.45) is 31.8. The SMILES string of the molecule is C1CCNC1.CCc1cnccn1.COc1ccc2c(c1)CC(CC(=O)N1CCCC1)C2=O.COc1ccc2c(c1)CC(CC(=O)O)C2=O.COc1ccc2c(c1)CC(CCN1CCCC1)=C2C(C)c1cnccn1.COc1ccc2c(c1)CC(CCN1CCCC1)C2=O.COc1ccc2c(c1)CC(CCN1CCCC1)C2O. The molecule has 604 valence electrons. The Morgan fingerprint density at radius 1 is 0.496 bits per heavy atom. The molecule has 5 aliphatic heterocycles. The molecule has 0 spiro atoms. The molecule has 10 aliphatic rings. The number of aliphatic hydroxyl groups excluding tert-OH is 1. The molecule has 113 heavy (non-hydrogen) atoms. The normalized spacial score (nSPS) is 20.5. The maximum absolute atomic E-state index is 12.3. The molecule has 6 atom stereocenters. The molecule has 1 amide bonds. The first-order valence-corrected chi connectivity index (χ1v) is 41.3. The number of ether oxygens (including phenoxy) is 5. The standard InChI is InChI=1S/C22H27N3O.C16H19NO3.C16H23NO2.C16H21NO2.C12H12O4.C6H8N2.C4H9N/c1-16(21-15-23-8-9-24-21)22-17(7-12-25-10-3-4-11-25)13-18-14-19(26-2)5-6-20(18)22;1-20-13-4-5-14-11(9-13)8-12(16(14)19)10-15(18)17-6-2-3-7-17;2*1-19-14-4-5-15-13(11-14)10-12(16(15)18)6-9-17-7-2-3-8-17;1-16-9-2-3-10-7(5-9)4-8(12(10)15)6-11(13)14;1-2-6-5-7-3-4-8-6;1-2-4-5-3-1/h5-6,8-9,14-16H,3-4,7,10-13H2,1-2H3;4-5,9,12H,2-3,6-8,10H2,1H3;4-5,11-12,16,18H,2-3,6-10H2,1H3;4-5,11-12H,2-3,6-10H2,1H3;2-3,5,8H,4,6H2,1H3,(H,13,14);3-5H,2H2,1H3;5H,1-4H2. The van der Waals surface area contributed by atoms with Crippen LogP contribution >= 0.6 is 0 Å². The number of Topliss-reactive ketones (excluding diaryl/α,β-unsaturated/α-hetero) is 3. The maximum atomic E-state index is 12.3. The van der Waals surface area contributed by atoms with Crippen LogP contribution in [0.15, 0.2) is 134 Å². The molecule has 0 bridgehead atoms. The van der Waals surface area contributed by atoms with Gasteiger partial charge in [-0.05, 0) is 317 Å². The summed E-state index contributed by atoms with van der Waals surface area (Å²) >= 11 is 0. The molecule has 5 aromatic carbocycles. The van der Waals surface area contributed by atoms with Gasteiger partial charge in [0.05, 0.1) is 59.5 Å². The number of hydrogen-bond donors (Lipinski definition) is 3. The van der Waals surface area contributed by atoms with Crippen LogP contribution in [0.2, 0.25) is 0 Å². The number of nitrogens with zero attached hydrogens (tertiary/aromatic N) is 8. The van der Waals surface area contributed by atoms with Crippen LogP contribution in [0.4, 0.5) is 0 Å². The zero-order chi connectivity index (χ0) is 79.6. The van der Waals surface area contributed by atoms with E-state index in [0.717, 1.165) is 158 Å². The summed E-state index contributed by atoms with van der Waals surface area (Å²) in [7, 11) is 8.28. The number of nitrogens with one attached hydrogen (secondary N) is 1. The number of carboxylic acid groups (broad SMARTS) is 1. The minimum atomic E-state index is -0.932. The largest absolute Gasteiger partial charge is 0.497 e. The van der Waals surface area contributed by atoms with Gasteiger partial charge in [-0.15, -0.1) is 0 Å². The topological polar surface area (TPSA) is 249 Å². The Bertz CT molecular complexity index is 4290. The highest BCUT2D eigenvalue weighted by atomic mass is 16.5. The van der Waals surface area contributed by atoms with Crippen LogP contribution in [0.3, 0.4) is 0 Å². The third-order valence-corrected chi connectivity index (χ3v) is 23.9. The summed E-state index contributed by atoms with van der Waals surface area (Å²) in [6, 6.07) is 29.1. The number of hydrogen-bond acceptors (Lipinski definition) is 19. The molecule has 0 radical (unpaired) electrons. The number of amides is 1. The van der Waals surface area contributed by atoms with Gasteiger partial charge in [0.1, 0.15) is 28.7 Å². The minimum Gasteiger partial charge on any atom is -0.497 e. The third-order valence-electron chi connectivity index (χ3n) is 23.9. The van der Waals surface area contributed by atoms with Gasteiger partial charge in [0.2, 0.25) is 5.91 Å². The van der Waals surface area contributed by atoms with Gasteiger partial charge in [-0.3, -0.25) is 43.9 Å². The Morgan fingerprint density at radius 2 is 0.938 bits per heavy atom. The number of aromatic nitrogens is 4. The number of benzene rings is 5. The molecule has 3 N–H and O–H groups in total. The van der Waals surface area contributed by atoms with E-state index in [1.807, 2.05) is 53.6 Å². The summed E-state index contributed by atoms with van der Waals surface area (Å²) in [5.74, 6) is 3.92. The smallest absolute Gasteiger partial charge is 0.304 e. The molecule has 2 aromatic heterocycles. The first kappa shape index (κ1) is 84.7. The van der Waals surface area contributed by atoms with Crippen LogP contribution in [0.25, 0.3) is 5.57 Å². The second kappa shape index (κ2) is 42.7. The van der Waals surface area contributed by atoms with Crippen LogP contribution in [-0.4, -0.2) is 200 Å². The summed E-state index contributed by atoms with van der Waals surface area (Å²) in [5.41, 5.74) is 15.6. The first-order valence-electron chi connectivity index (χ1n) is 41.3. The van der Waals surface area contributed by atoms with Gasteiger partial charge in [-0.2, -0.15) is 0 Å². The first-order chi connectivity index (χ1) is 55.0. The molecule has 21 heteroatoms. The Kier molecular flexibility index (Phi) is 32.0. The number of aliphatic hydroxyl groups is 1. The number of aryl methyl sites for hydroxylation is 1. The van der Waals surface area contributed by atoms with Crippen molar-refractivity contribution in [3.05, 3.63) is 201 Å². The van der Waals surface area contributed by atoms with Gasteiger partial charge in [-0.25, -0.2) is 0 Å². The average molecular weight is 1540 g/mol. The summed E-state index contributed by atoms with van der Waals surface area (Å²) in [5, 5.41) is 22.3. The number of carbonyl (C=O) groups is 5. The molecular weight excluding hydrogens is 1420 g/mol. The number of allylic oxidation sites excluding steroid dienone is 1. The van der Waals surface area contributed by atoms with Crippen molar-refractivity contribution in [3.63, 3.8) is 0 Å². The third kappa shape index (κ3) is 23.3. The number of aliphatic carboxylic acids is 1. The van der Waals surface area contributed by atoms with Crippen LogP contribution in [0, 0.1) is 23.7 Å². The van der Waals surface area contributed by atoms with E-state index >= 15 is 0 Å². The Morgan fingerprint density at radius 3 is 1.40 bits per heavy atom. The Labute approximate surface area is 668 Å². The van der Waals surface area contributed by atoms with Gasteiger partial charge in [0.25, 0.3) is 0 Å². The highest BCUT2D eigenvalue weighted by Crippen LogP contribution is 2.45. The average Bonchev–Trinajstić information content (AvgIpc) is 1.62. The van der Waals surface area contributed by atoms with E-state index < -0.39 is 11.9 Å². The van der Waals surface area contributed by atoms with Crippen LogP contribution < -0.4 is 29.0 Å². The molecule has 5 aliphatic carbocycles. The van der Waals surface area contributed by atoms with Crippen molar-refractivity contribution in [1.29, 1.82) is 0 Å². The zero-order valence-corrected chi connectivity index (χ0v) is 67.7. The van der Waals surface area contributed by atoms with Gasteiger partial charge in [0.15, 0.2) is 17.3 Å².